The molecule has 0 fully saturated rings. The van der Waals surface area contributed by atoms with E-state index in [0.29, 0.717) is 5.56 Å². The van der Waals surface area contributed by atoms with Crippen molar-refractivity contribution in [1.29, 1.82) is 0 Å². The summed E-state index contributed by atoms with van der Waals surface area (Å²) in [6, 6.07) is 16.8. The van der Waals surface area contributed by atoms with Gasteiger partial charge in [0.05, 0.1) is 7.11 Å². The molecule has 2 rings (SSSR count). The first-order valence-corrected chi connectivity index (χ1v) is 11.2. The zero-order valence-corrected chi connectivity index (χ0v) is 20.4. The number of benzene rings is 2. The van der Waals surface area contributed by atoms with E-state index in [0.717, 1.165) is 5.56 Å². The second kappa shape index (κ2) is 13.1. The van der Waals surface area contributed by atoms with Crippen LogP contribution < -0.4 is 5.32 Å². The van der Waals surface area contributed by atoms with Gasteiger partial charge in [-0.1, -0.05) is 60.7 Å². The lowest BCUT2D eigenvalue weighted by atomic mass is 10.0. The lowest BCUT2D eigenvalue weighted by Crippen LogP contribution is -2.44. The smallest absolute Gasteiger partial charge is 0.408 e. The summed E-state index contributed by atoms with van der Waals surface area (Å²) in [6.45, 7) is 5.06. The van der Waals surface area contributed by atoms with Gasteiger partial charge in [-0.25, -0.2) is 14.4 Å². The highest BCUT2D eigenvalue weighted by Crippen LogP contribution is 2.15. The Balaban J connectivity index is 2.15. The third-order valence-corrected chi connectivity index (χ3v) is 4.68. The van der Waals surface area contributed by atoms with Crippen LogP contribution in [-0.4, -0.2) is 42.6 Å². The van der Waals surface area contributed by atoms with Crippen molar-refractivity contribution in [3.05, 3.63) is 77.4 Å². The fourth-order valence-corrected chi connectivity index (χ4v) is 3.02. The SMILES string of the molecule is COC(=O)[C@H](CCC(=O)/C(=C\c1ccccc1)C(=O)OCc1ccccc1)NC(=O)OC(C)(C)C. The van der Waals surface area contributed by atoms with Crippen LogP contribution in [-0.2, 0) is 35.2 Å². The molecule has 1 atom stereocenters. The van der Waals surface area contributed by atoms with Crippen LogP contribution in [0.1, 0.15) is 44.7 Å². The van der Waals surface area contributed by atoms with Crippen LogP contribution in [0.3, 0.4) is 0 Å². The number of carbonyl (C=O) groups is 4. The first-order valence-electron chi connectivity index (χ1n) is 11.2. The van der Waals surface area contributed by atoms with Crippen molar-refractivity contribution in [3.8, 4) is 0 Å². The molecule has 0 aliphatic heterocycles. The average molecular weight is 482 g/mol. The minimum Gasteiger partial charge on any atom is -0.467 e. The summed E-state index contributed by atoms with van der Waals surface area (Å²) in [5.41, 5.74) is 0.492. The zero-order chi connectivity index (χ0) is 25.8. The summed E-state index contributed by atoms with van der Waals surface area (Å²) in [4.78, 5) is 50.2. The van der Waals surface area contributed by atoms with Gasteiger partial charge in [0.15, 0.2) is 5.78 Å². The summed E-state index contributed by atoms with van der Waals surface area (Å²) in [5.74, 6) is -2.05. The fraction of sp³-hybridized carbons (Fsp3) is 0.333. The van der Waals surface area contributed by atoms with E-state index >= 15 is 0 Å². The van der Waals surface area contributed by atoms with Crippen LogP contribution in [0, 0.1) is 0 Å². The van der Waals surface area contributed by atoms with E-state index in [2.05, 4.69) is 5.32 Å². The van der Waals surface area contributed by atoms with Gasteiger partial charge in [0.1, 0.15) is 23.8 Å². The Bertz CT molecular complexity index is 1040. The van der Waals surface area contributed by atoms with Gasteiger partial charge in [-0.15, -0.1) is 0 Å². The summed E-state index contributed by atoms with van der Waals surface area (Å²) in [5, 5.41) is 2.42. The third kappa shape index (κ3) is 9.83. The van der Waals surface area contributed by atoms with Gasteiger partial charge >= 0.3 is 18.0 Å². The monoisotopic (exact) mass is 481 g/mol. The molecule has 2 aromatic carbocycles. The highest BCUT2D eigenvalue weighted by atomic mass is 16.6. The van der Waals surface area contributed by atoms with E-state index in [9.17, 15) is 19.2 Å². The minimum absolute atomic E-state index is 0.00404. The van der Waals surface area contributed by atoms with Crippen molar-refractivity contribution < 1.29 is 33.4 Å². The third-order valence-electron chi connectivity index (χ3n) is 4.68. The molecule has 2 aromatic rings. The van der Waals surface area contributed by atoms with E-state index in [1.807, 2.05) is 24.3 Å². The molecule has 0 unspecified atom stereocenters. The van der Waals surface area contributed by atoms with Gasteiger partial charge < -0.3 is 19.5 Å². The Morgan fingerprint density at radius 1 is 0.943 bits per heavy atom. The molecule has 0 heterocycles. The van der Waals surface area contributed by atoms with Gasteiger partial charge in [0, 0.05) is 6.42 Å². The number of Topliss-reactive ketones (excluding diaryl/α,β-unsaturated/α-hetero) is 1. The molecule has 0 aliphatic carbocycles. The molecule has 0 saturated carbocycles. The molecule has 0 spiro atoms. The number of carbonyl (C=O) groups excluding carboxylic acids is 4. The van der Waals surface area contributed by atoms with Crippen molar-refractivity contribution >= 4 is 29.9 Å². The van der Waals surface area contributed by atoms with Crippen LogP contribution in [0.5, 0.6) is 0 Å². The summed E-state index contributed by atoms with van der Waals surface area (Å²) < 4.78 is 15.3. The van der Waals surface area contributed by atoms with Gasteiger partial charge in [-0.2, -0.15) is 0 Å². The number of esters is 2. The van der Waals surface area contributed by atoms with Crippen LogP contribution in [0.4, 0.5) is 4.79 Å². The number of methoxy groups -OCH3 is 1. The highest BCUT2D eigenvalue weighted by molar-refractivity contribution is 6.20. The Morgan fingerprint density at radius 3 is 2.11 bits per heavy atom. The molecular weight excluding hydrogens is 450 g/mol. The Hall–Kier alpha value is -3.94. The van der Waals surface area contributed by atoms with Gasteiger partial charge in [-0.05, 0) is 44.4 Å². The molecule has 1 N–H and O–H groups in total. The van der Waals surface area contributed by atoms with Crippen LogP contribution in [0.2, 0.25) is 0 Å². The number of rotatable bonds is 10. The molecule has 0 aromatic heterocycles. The second-order valence-electron chi connectivity index (χ2n) is 8.71. The predicted octanol–water partition coefficient (Wildman–Crippen LogP) is 4.23. The molecule has 0 radical (unpaired) electrons. The van der Waals surface area contributed by atoms with Crippen molar-refractivity contribution in [1.82, 2.24) is 5.32 Å². The second-order valence-corrected chi connectivity index (χ2v) is 8.71. The van der Waals surface area contributed by atoms with E-state index < -0.39 is 35.5 Å². The summed E-state index contributed by atoms with van der Waals surface area (Å²) >= 11 is 0. The predicted molar refractivity (Wildman–Crippen MR) is 130 cm³/mol. The van der Waals surface area contributed by atoms with E-state index in [-0.39, 0.29) is 25.0 Å². The number of ether oxygens (including phenoxy) is 3. The Labute approximate surface area is 205 Å². The maximum Gasteiger partial charge on any atom is 0.408 e. The number of amides is 1. The van der Waals surface area contributed by atoms with Crippen LogP contribution >= 0.6 is 0 Å². The average Bonchev–Trinajstić information content (AvgIpc) is 2.83. The van der Waals surface area contributed by atoms with Gasteiger partial charge in [0.25, 0.3) is 0 Å². The molecule has 1 amide bonds. The van der Waals surface area contributed by atoms with Crippen molar-refractivity contribution in [3.63, 3.8) is 0 Å². The number of ketones is 1. The zero-order valence-electron chi connectivity index (χ0n) is 20.4. The number of nitrogens with one attached hydrogen (secondary N) is 1. The number of hydrogen-bond acceptors (Lipinski definition) is 7. The first kappa shape index (κ1) is 27.3. The largest absolute Gasteiger partial charge is 0.467 e. The summed E-state index contributed by atoms with van der Waals surface area (Å²) in [7, 11) is 1.18. The topological polar surface area (TPSA) is 108 Å². The molecule has 0 aliphatic rings. The van der Waals surface area contributed by atoms with Crippen molar-refractivity contribution in [2.45, 2.75) is 51.9 Å². The Morgan fingerprint density at radius 2 is 1.54 bits per heavy atom. The molecule has 8 nitrogen and oxygen atoms in total. The van der Waals surface area contributed by atoms with Gasteiger partial charge in [-0.3, -0.25) is 4.79 Å². The molecule has 35 heavy (non-hydrogen) atoms. The normalized spacial score (nSPS) is 12.3. The maximum absolute atomic E-state index is 13.1. The molecule has 186 valence electrons. The lowest BCUT2D eigenvalue weighted by molar-refractivity contribution is -0.143. The van der Waals surface area contributed by atoms with E-state index in [1.165, 1.54) is 13.2 Å². The van der Waals surface area contributed by atoms with E-state index in [1.54, 1.807) is 57.2 Å². The summed E-state index contributed by atoms with van der Waals surface area (Å²) in [6.07, 6.45) is 0.324. The fourth-order valence-electron chi connectivity index (χ4n) is 3.02. The molecule has 8 heteroatoms. The molecule has 0 saturated heterocycles. The molecular formula is C27H31NO7. The minimum atomic E-state index is -1.13. The highest BCUT2D eigenvalue weighted by Gasteiger charge is 2.27. The van der Waals surface area contributed by atoms with E-state index in [4.69, 9.17) is 14.2 Å². The first-order chi connectivity index (χ1) is 16.6. The van der Waals surface area contributed by atoms with Crippen molar-refractivity contribution in [2.75, 3.05) is 7.11 Å². The molecule has 0 bridgehead atoms. The Kier molecular flexibility index (Phi) is 10.2. The van der Waals surface area contributed by atoms with Crippen LogP contribution in [0.25, 0.3) is 6.08 Å². The quantitative estimate of drug-likeness (QED) is 0.178. The van der Waals surface area contributed by atoms with Crippen LogP contribution in [0.15, 0.2) is 66.2 Å². The van der Waals surface area contributed by atoms with Crippen molar-refractivity contribution in [2.24, 2.45) is 0 Å². The number of alkyl carbamates (subject to hydrolysis) is 1. The number of hydrogen-bond donors (Lipinski definition) is 1. The van der Waals surface area contributed by atoms with Gasteiger partial charge in [0.2, 0.25) is 0 Å². The standard InChI is InChI=1S/C27H31NO7/c1-27(2,3)35-26(32)28-22(25(31)33-4)15-16-23(29)21(17-19-11-7-5-8-12-19)24(30)34-18-20-13-9-6-10-14-20/h5-14,17,22H,15-16,18H2,1-4H3,(H,28,32)/b21-17+/t22-/m0/s1. The lowest BCUT2D eigenvalue weighted by Gasteiger charge is -2.22. The maximum atomic E-state index is 13.1.